The summed E-state index contributed by atoms with van der Waals surface area (Å²) in [7, 11) is 1.97. The first-order valence-corrected chi connectivity index (χ1v) is 12.0. The van der Waals surface area contributed by atoms with Gasteiger partial charge in [-0.3, -0.25) is 4.57 Å². The standard InChI is InChI=1S/C23H37N7O5/c1-7-33-15(3)28-34-11-9-8-10-29(6)12-16-22(31)21(4,5)23(22,32)20(35-16)30-14(2)27-17-18(24)25-13-26-19(17)30/h13,16,20,31-32H,7-12H2,1-6H3,(H2,24,25,26)/t16-,20-,22+,23-/m1/s1. The number of hydrogen-bond donors (Lipinski definition) is 3. The van der Waals surface area contributed by atoms with E-state index >= 15 is 0 Å². The van der Waals surface area contributed by atoms with Gasteiger partial charge in [0.15, 0.2) is 23.2 Å². The van der Waals surface area contributed by atoms with E-state index in [0.29, 0.717) is 42.6 Å². The van der Waals surface area contributed by atoms with Crippen LogP contribution < -0.4 is 5.73 Å². The van der Waals surface area contributed by atoms with Crippen LogP contribution in [0.15, 0.2) is 11.5 Å². The largest absolute Gasteiger partial charge is 0.479 e. The first-order chi connectivity index (χ1) is 16.5. The van der Waals surface area contributed by atoms with Gasteiger partial charge < -0.3 is 35.2 Å². The molecule has 0 amide bonds. The fraction of sp³-hybridized carbons (Fsp3) is 0.739. The molecule has 4 N–H and O–H groups in total. The van der Waals surface area contributed by atoms with E-state index in [1.165, 1.54) is 6.33 Å². The number of aryl methyl sites for hydroxylation is 1. The van der Waals surface area contributed by atoms with Gasteiger partial charge in [0.25, 0.3) is 0 Å². The first-order valence-electron chi connectivity index (χ1n) is 12.0. The van der Waals surface area contributed by atoms with Gasteiger partial charge in [-0.05, 0) is 40.3 Å². The molecule has 35 heavy (non-hydrogen) atoms. The molecule has 12 nitrogen and oxygen atoms in total. The Bertz CT molecular complexity index is 1110. The normalized spacial score (nSPS) is 29.6. The van der Waals surface area contributed by atoms with E-state index in [2.05, 4.69) is 25.0 Å². The molecule has 0 aromatic carbocycles. The molecule has 2 aromatic rings. The molecule has 4 atom stereocenters. The molecule has 0 bridgehead atoms. The molecule has 1 saturated carbocycles. The van der Waals surface area contributed by atoms with Crippen molar-refractivity contribution in [1.82, 2.24) is 24.4 Å². The quantitative estimate of drug-likeness (QED) is 0.191. The number of fused-ring (bicyclic) bond motifs is 2. The van der Waals surface area contributed by atoms with Crippen molar-refractivity contribution in [2.75, 3.05) is 39.1 Å². The van der Waals surface area contributed by atoms with E-state index in [9.17, 15) is 10.2 Å². The molecular weight excluding hydrogens is 454 g/mol. The molecule has 4 rings (SSSR count). The Kier molecular flexibility index (Phi) is 6.68. The number of nitrogens with zero attached hydrogens (tertiary/aromatic N) is 6. The van der Waals surface area contributed by atoms with Crippen molar-refractivity contribution in [1.29, 1.82) is 0 Å². The molecule has 2 aromatic heterocycles. The number of rotatable bonds is 10. The highest BCUT2D eigenvalue weighted by molar-refractivity contribution is 5.82. The molecule has 3 heterocycles. The number of anilines is 1. The average molecular weight is 492 g/mol. The second-order valence-electron chi connectivity index (χ2n) is 9.94. The molecule has 2 fully saturated rings. The van der Waals surface area contributed by atoms with Crippen LogP contribution in [-0.4, -0.2) is 91.2 Å². The minimum Gasteiger partial charge on any atom is -0.479 e. The van der Waals surface area contributed by atoms with Crippen LogP contribution in [0, 0.1) is 12.3 Å². The average Bonchev–Trinajstić information content (AvgIpc) is 3.05. The zero-order valence-electron chi connectivity index (χ0n) is 21.4. The minimum atomic E-state index is -1.51. The maximum atomic E-state index is 11.7. The van der Waals surface area contributed by atoms with Crippen molar-refractivity contribution in [3.8, 4) is 0 Å². The van der Waals surface area contributed by atoms with Crippen LogP contribution in [0.5, 0.6) is 0 Å². The third kappa shape index (κ3) is 3.83. The lowest BCUT2D eigenvalue weighted by Crippen LogP contribution is -2.42. The van der Waals surface area contributed by atoms with Crippen molar-refractivity contribution in [3.05, 3.63) is 12.2 Å². The summed E-state index contributed by atoms with van der Waals surface area (Å²) in [5.74, 6) is 1.35. The van der Waals surface area contributed by atoms with Crippen molar-refractivity contribution in [3.63, 3.8) is 0 Å². The van der Waals surface area contributed by atoms with Crippen LogP contribution in [0.1, 0.15) is 52.6 Å². The Morgan fingerprint density at radius 2 is 2.03 bits per heavy atom. The smallest absolute Gasteiger partial charge is 0.222 e. The Morgan fingerprint density at radius 3 is 2.74 bits per heavy atom. The summed E-state index contributed by atoms with van der Waals surface area (Å²) >= 11 is 0. The molecule has 1 aliphatic heterocycles. The summed E-state index contributed by atoms with van der Waals surface area (Å²) in [5, 5.41) is 27.3. The van der Waals surface area contributed by atoms with E-state index in [1.807, 2.05) is 27.8 Å². The van der Waals surface area contributed by atoms with E-state index in [1.54, 1.807) is 18.4 Å². The first kappa shape index (κ1) is 25.5. The summed E-state index contributed by atoms with van der Waals surface area (Å²) in [5.41, 5.74) is 3.18. The van der Waals surface area contributed by atoms with E-state index in [-0.39, 0.29) is 5.82 Å². The summed E-state index contributed by atoms with van der Waals surface area (Å²) in [6.45, 7) is 11.4. The maximum absolute atomic E-state index is 11.7. The molecule has 194 valence electrons. The number of nitrogen functional groups attached to an aromatic ring is 1. The van der Waals surface area contributed by atoms with Crippen molar-refractivity contribution in [2.24, 2.45) is 10.6 Å². The topological polar surface area (TPSA) is 153 Å². The number of imidazole rings is 1. The molecule has 1 saturated heterocycles. The highest BCUT2D eigenvalue weighted by Crippen LogP contribution is 2.75. The summed E-state index contributed by atoms with van der Waals surface area (Å²) < 4.78 is 13.3. The van der Waals surface area contributed by atoms with Gasteiger partial charge in [-0.2, -0.15) is 0 Å². The molecular formula is C23H37N7O5. The van der Waals surface area contributed by atoms with Gasteiger partial charge >= 0.3 is 0 Å². The van der Waals surface area contributed by atoms with Gasteiger partial charge in [-0.1, -0.05) is 19.0 Å². The van der Waals surface area contributed by atoms with Crippen LogP contribution in [0.4, 0.5) is 5.82 Å². The van der Waals surface area contributed by atoms with E-state index in [4.69, 9.17) is 20.0 Å². The number of hydrogen-bond acceptors (Lipinski definition) is 11. The monoisotopic (exact) mass is 491 g/mol. The molecule has 12 heteroatoms. The highest BCUT2D eigenvalue weighted by atomic mass is 16.6. The van der Waals surface area contributed by atoms with Crippen molar-refractivity contribution < 1.29 is 24.5 Å². The number of aromatic nitrogens is 4. The Hall–Kier alpha value is -2.54. The number of nitrogens with two attached hydrogens (primary N) is 1. The van der Waals surface area contributed by atoms with Crippen molar-refractivity contribution in [2.45, 2.75) is 71.0 Å². The maximum Gasteiger partial charge on any atom is 0.222 e. The lowest BCUT2D eigenvalue weighted by atomic mass is 10.0. The summed E-state index contributed by atoms with van der Waals surface area (Å²) in [4.78, 5) is 20.2. The number of oxime groups is 1. The molecule has 0 spiro atoms. The number of unbranched alkanes of at least 4 members (excludes halogenated alkanes) is 1. The van der Waals surface area contributed by atoms with Crippen LogP contribution >= 0.6 is 0 Å². The van der Waals surface area contributed by atoms with Crippen LogP contribution in [0.25, 0.3) is 11.2 Å². The zero-order valence-corrected chi connectivity index (χ0v) is 21.4. The Labute approximate surface area is 205 Å². The van der Waals surface area contributed by atoms with Gasteiger partial charge in [0.2, 0.25) is 5.90 Å². The Balaban J connectivity index is 1.42. The third-order valence-electron chi connectivity index (χ3n) is 7.51. The van der Waals surface area contributed by atoms with Crippen molar-refractivity contribution >= 4 is 22.9 Å². The van der Waals surface area contributed by atoms with Crippen LogP contribution in [-0.2, 0) is 14.3 Å². The third-order valence-corrected chi connectivity index (χ3v) is 7.51. The fourth-order valence-electron chi connectivity index (χ4n) is 5.43. The number of aliphatic hydroxyl groups is 2. The number of ether oxygens (including phenoxy) is 2. The predicted octanol–water partition coefficient (Wildman–Crippen LogP) is 1.21. The van der Waals surface area contributed by atoms with E-state index < -0.39 is 28.9 Å². The van der Waals surface area contributed by atoms with Gasteiger partial charge in [0.1, 0.15) is 36.1 Å². The molecule has 0 unspecified atom stereocenters. The number of likely N-dealkylation sites (N-methyl/N-ethyl adjacent to an activating group) is 1. The van der Waals surface area contributed by atoms with Gasteiger partial charge in [-0.15, -0.1) is 0 Å². The summed E-state index contributed by atoms with van der Waals surface area (Å²) in [6, 6.07) is 0. The van der Waals surface area contributed by atoms with E-state index in [0.717, 1.165) is 19.4 Å². The predicted molar refractivity (Wildman–Crippen MR) is 129 cm³/mol. The van der Waals surface area contributed by atoms with Gasteiger partial charge in [-0.25, -0.2) is 15.0 Å². The zero-order chi connectivity index (χ0) is 25.6. The van der Waals surface area contributed by atoms with Gasteiger partial charge in [0.05, 0.1) is 6.61 Å². The fourth-order valence-corrected chi connectivity index (χ4v) is 5.43. The summed E-state index contributed by atoms with van der Waals surface area (Å²) in [6.07, 6.45) is 1.59. The minimum absolute atomic E-state index is 0.256. The molecule has 1 aliphatic carbocycles. The van der Waals surface area contributed by atoms with Crippen LogP contribution in [0.2, 0.25) is 0 Å². The van der Waals surface area contributed by atoms with Gasteiger partial charge in [0, 0.05) is 18.9 Å². The SMILES string of the molecule is CCOC(C)=NOCCCCN(C)C[C@H]1O[C@@H](n2c(C)nc3c(N)ncnc32)[C@@]2(O)C(C)(C)[C@@]12O. The molecule has 2 aliphatic rings. The Morgan fingerprint density at radius 1 is 1.29 bits per heavy atom. The second-order valence-corrected chi connectivity index (χ2v) is 9.94. The lowest BCUT2D eigenvalue weighted by Gasteiger charge is -2.30. The highest BCUT2D eigenvalue weighted by Gasteiger charge is 2.92. The van der Waals surface area contributed by atoms with Crippen LogP contribution in [0.3, 0.4) is 0 Å². The second kappa shape index (κ2) is 9.16. The molecule has 0 radical (unpaired) electrons. The lowest BCUT2D eigenvalue weighted by molar-refractivity contribution is -0.117.